The highest BCUT2D eigenvalue weighted by molar-refractivity contribution is 6.34. The molecule has 2 heterocycles. The Bertz CT molecular complexity index is 1100. The maximum atomic E-state index is 13.2. The molecule has 168 valence electrons. The highest BCUT2D eigenvalue weighted by Crippen LogP contribution is 2.36. The number of halogens is 1. The minimum absolute atomic E-state index is 0.394. The number of ether oxygens (including phenoxy) is 2. The first-order valence-corrected chi connectivity index (χ1v) is 10.7. The summed E-state index contributed by atoms with van der Waals surface area (Å²) in [5.74, 6) is 0.0567. The molecule has 1 fully saturated rings. The molecule has 0 spiro atoms. The molecule has 2 aliphatic rings. The lowest BCUT2D eigenvalue weighted by Gasteiger charge is -2.23. The number of anilines is 1. The van der Waals surface area contributed by atoms with E-state index in [4.69, 9.17) is 21.1 Å². The first-order chi connectivity index (χ1) is 15.2. The minimum Gasteiger partial charge on any atom is -0.490 e. The number of nitrogens with zero attached hydrogens (tertiary/aromatic N) is 1. The van der Waals surface area contributed by atoms with Gasteiger partial charge in [-0.15, -0.1) is 0 Å². The van der Waals surface area contributed by atoms with Gasteiger partial charge in [-0.25, -0.2) is 4.79 Å². The highest BCUT2D eigenvalue weighted by Gasteiger charge is 2.49. The largest absolute Gasteiger partial charge is 0.490 e. The van der Waals surface area contributed by atoms with Crippen LogP contribution < -0.4 is 20.1 Å². The molecule has 1 saturated heterocycles. The van der Waals surface area contributed by atoms with E-state index in [1.807, 2.05) is 19.9 Å². The van der Waals surface area contributed by atoms with Crippen LogP contribution in [0.25, 0.3) is 0 Å². The van der Waals surface area contributed by atoms with Crippen molar-refractivity contribution in [1.82, 2.24) is 10.2 Å². The van der Waals surface area contributed by atoms with Crippen molar-refractivity contribution in [2.45, 2.75) is 32.7 Å². The van der Waals surface area contributed by atoms with Crippen LogP contribution in [0.4, 0.5) is 10.5 Å². The van der Waals surface area contributed by atoms with Gasteiger partial charge in [0.25, 0.3) is 5.91 Å². The third kappa shape index (κ3) is 3.98. The molecule has 0 aromatic heterocycles. The Morgan fingerprint density at radius 2 is 1.88 bits per heavy atom. The average molecular weight is 458 g/mol. The Morgan fingerprint density at radius 1 is 1.16 bits per heavy atom. The number of aryl methyl sites for hydroxylation is 2. The maximum absolute atomic E-state index is 13.2. The molecular formula is C23H24ClN3O5. The van der Waals surface area contributed by atoms with Gasteiger partial charge in [0, 0.05) is 6.42 Å². The van der Waals surface area contributed by atoms with E-state index in [0.29, 0.717) is 41.0 Å². The zero-order chi connectivity index (χ0) is 23.0. The van der Waals surface area contributed by atoms with Crippen molar-refractivity contribution in [3.8, 4) is 11.5 Å². The molecule has 2 N–H and O–H groups in total. The standard InChI is InChI=1S/C23H24ClN3O5/c1-13-9-14(2)20(16(24)10-13)25-19(28)12-27-21(29)23(3,26-22(27)30)15-5-6-17-18(11-15)32-8-4-7-31-17/h5-6,9-11H,4,7-8,12H2,1-3H3,(H,25,28)(H,26,30). The second-order valence-corrected chi connectivity index (χ2v) is 8.55. The van der Waals surface area contributed by atoms with Gasteiger partial charge in [-0.2, -0.15) is 0 Å². The normalized spacial score (nSPS) is 20.1. The van der Waals surface area contributed by atoms with Crippen molar-refractivity contribution < 1.29 is 23.9 Å². The maximum Gasteiger partial charge on any atom is 0.325 e. The fraction of sp³-hybridized carbons (Fsp3) is 0.348. The molecule has 32 heavy (non-hydrogen) atoms. The third-order valence-electron chi connectivity index (χ3n) is 5.60. The number of carbonyl (C=O) groups is 3. The number of benzene rings is 2. The Labute approximate surface area is 190 Å². The van der Waals surface area contributed by atoms with Crippen molar-refractivity contribution in [1.29, 1.82) is 0 Å². The average Bonchev–Trinajstić information content (AvgIpc) is 2.90. The van der Waals surface area contributed by atoms with Crippen LogP contribution >= 0.6 is 11.6 Å². The van der Waals surface area contributed by atoms with E-state index >= 15 is 0 Å². The van der Waals surface area contributed by atoms with Gasteiger partial charge >= 0.3 is 6.03 Å². The van der Waals surface area contributed by atoms with Crippen LogP contribution in [0.3, 0.4) is 0 Å². The van der Waals surface area contributed by atoms with Crippen LogP contribution in [0.2, 0.25) is 5.02 Å². The molecule has 4 rings (SSSR count). The molecule has 0 aliphatic carbocycles. The Balaban J connectivity index is 1.53. The summed E-state index contributed by atoms with van der Waals surface area (Å²) in [6, 6.07) is 8.10. The number of carbonyl (C=O) groups excluding carboxylic acids is 3. The van der Waals surface area contributed by atoms with E-state index in [9.17, 15) is 14.4 Å². The van der Waals surface area contributed by atoms with Gasteiger partial charge in [0.2, 0.25) is 5.91 Å². The number of urea groups is 1. The Morgan fingerprint density at radius 3 is 2.59 bits per heavy atom. The zero-order valence-corrected chi connectivity index (χ0v) is 18.8. The topological polar surface area (TPSA) is 97.0 Å². The fourth-order valence-corrected chi connectivity index (χ4v) is 4.28. The van der Waals surface area contributed by atoms with Crippen molar-refractivity contribution in [3.63, 3.8) is 0 Å². The summed E-state index contributed by atoms with van der Waals surface area (Å²) in [5, 5.41) is 5.80. The molecule has 4 amide bonds. The predicted octanol–water partition coefficient (Wildman–Crippen LogP) is 3.52. The van der Waals surface area contributed by atoms with Gasteiger partial charge in [0.05, 0.1) is 23.9 Å². The molecule has 9 heteroatoms. The second-order valence-electron chi connectivity index (χ2n) is 8.15. The van der Waals surface area contributed by atoms with E-state index in [1.54, 1.807) is 31.2 Å². The quantitative estimate of drug-likeness (QED) is 0.684. The first-order valence-electron chi connectivity index (χ1n) is 10.3. The summed E-state index contributed by atoms with van der Waals surface area (Å²) in [4.78, 5) is 39.4. The summed E-state index contributed by atoms with van der Waals surface area (Å²) >= 11 is 6.25. The zero-order valence-electron chi connectivity index (χ0n) is 18.1. The van der Waals surface area contributed by atoms with Gasteiger partial charge in [0.1, 0.15) is 12.1 Å². The molecule has 0 saturated carbocycles. The molecule has 8 nitrogen and oxygen atoms in total. The molecular weight excluding hydrogens is 434 g/mol. The van der Waals surface area contributed by atoms with Gasteiger partial charge < -0.3 is 20.1 Å². The summed E-state index contributed by atoms with van der Waals surface area (Å²) in [6.07, 6.45) is 0.754. The second kappa shape index (κ2) is 8.35. The predicted molar refractivity (Wildman–Crippen MR) is 119 cm³/mol. The van der Waals surface area contributed by atoms with Crippen molar-refractivity contribution in [3.05, 3.63) is 52.0 Å². The lowest BCUT2D eigenvalue weighted by atomic mass is 9.91. The van der Waals surface area contributed by atoms with Gasteiger partial charge in [0.15, 0.2) is 11.5 Å². The van der Waals surface area contributed by atoms with E-state index in [2.05, 4.69) is 10.6 Å². The molecule has 1 atom stereocenters. The first kappa shape index (κ1) is 22.0. The van der Waals surface area contributed by atoms with Gasteiger partial charge in [-0.05, 0) is 55.7 Å². The SMILES string of the molecule is Cc1cc(C)c(NC(=O)CN2C(=O)NC(C)(c3ccc4c(c3)OCCCO4)C2=O)c(Cl)c1. The molecule has 2 aromatic carbocycles. The monoisotopic (exact) mass is 457 g/mol. The van der Waals surface area contributed by atoms with Crippen LogP contribution in [0.1, 0.15) is 30.0 Å². The van der Waals surface area contributed by atoms with Gasteiger partial charge in [-0.3, -0.25) is 14.5 Å². The number of nitrogens with one attached hydrogen (secondary N) is 2. The minimum atomic E-state index is -1.33. The van der Waals surface area contributed by atoms with Crippen LogP contribution in [-0.2, 0) is 15.1 Å². The number of hydrogen-bond donors (Lipinski definition) is 2. The summed E-state index contributed by atoms with van der Waals surface area (Å²) < 4.78 is 11.3. The molecule has 2 aromatic rings. The summed E-state index contributed by atoms with van der Waals surface area (Å²) in [6.45, 7) is 5.94. The smallest absolute Gasteiger partial charge is 0.325 e. The number of fused-ring (bicyclic) bond motifs is 1. The summed E-state index contributed by atoms with van der Waals surface area (Å²) in [7, 11) is 0. The van der Waals surface area contributed by atoms with Crippen LogP contribution in [0.5, 0.6) is 11.5 Å². The summed E-state index contributed by atoms with van der Waals surface area (Å²) in [5.41, 5.74) is 1.42. The highest BCUT2D eigenvalue weighted by atomic mass is 35.5. The van der Waals surface area contributed by atoms with Crippen LogP contribution in [-0.4, -0.2) is 42.5 Å². The Hall–Kier alpha value is -3.26. The van der Waals surface area contributed by atoms with E-state index in [0.717, 1.165) is 22.4 Å². The lowest BCUT2D eigenvalue weighted by Crippen LogP contribution is -2.42. The fourth-order valence-electron chi connectivity index (χ4n) is 3.91. The van der Waals surface area contributed by atoms with Crippen LogP contribution in [0, 0.1) is 13.8 Å². The van der Waals surface area contributed by atoms with Gasteiger partial charge in [-0.1, -0.05) is 23.7 Å². The number of hydrogen-bond acceptors (Lipinski definition) is 5. The number of amides is 4. The number of imide groups is 1. The molecule has 0 bridgehead atoms. The Kier molecular flexibility index (Phi) is 5.73. The number of rotatable bonds is 4. The van der Waals surface area contributed by atoms with E-state index in [1.165, 1.54) is 0 Å². The van der Waals surface area contributed by atoms with Crippen LogP contribution in [0.15, 0.2) is 30.3 Å². The van der Waals surface area contributed by atoms with Crippen molar-refractivity contribution >= 4 is 35.1 Å². The van der Waals surface area contributed by atoms with Crippen molar-refractivity contribution in [2.75, 3.05) is 25.1 Å². The molecule has 2 aliphatic heterocycles. The molecule has 0 radical (unpaired) electrons. The van der Waals surface area contributed by atoms with E-state index in [-0.39, 0.29) is 0 Å². The third-order valence-corrected chi connectivity index (χ3v) is 5.90. The lowest BCUT2D eigenvalue weighted by molar-refractivity contribution is -0.133. The van der Waals surface area contributed by atoms with E-state index < -0.39 is 29.9 Å². The van der Waals surface area contributed by atoms with Crippen molar-refractivity contribution in [2.24, 2.45) is 0 Å². The molecule has 1 unspecified atom stereocenters.